The number of carboxylic acid groups (broad SMARTS) is 1. The van der Waals surface area contributed by atoms with Crippen LogP contribution in [0.25, 0.3) is 0 Å². The first-order valence-electron chi connectivity index (χ1n) is 10.0. The molecule has 0 aromatic rings. The topological polar surface area (TPSA) is 72.9 Å². The Hall–Kier alpha value is -1.30. The van der Waals surface area contributed by atoms with Crippen molar-refractivity contribution in [3.8, 4) is 0 Å². The fourth-order valence-corrected chi connectivity index (χ4v) is 4.15. The molecule has 2 amide bonds. The van der Waals surface area contributed by atoms with Crippen LogP contribution in [-0.4, -0.2) is 66.2 Å². The fourth-order valence-electron chi connectivity index (χ4n) is 4.15. The van der Waals surface area contributed by atoms with Crippen molar-refractivity contribution in [2.24, 2.45) is 5.92 Å². The Labute approximate surface area is 151 Å². The van der Waals surface area contributed by atoms with Gasteiger partial charge in [0.25, 0.3) is 0 Å². The molecule has 1 unspecified atom stereocenters. The summed E-state index contributed by atoms with van der Waals surface area (Å²) in [5, 5.41) is 12.1. The number of rotatable bonds is 5. The van der Waals surface area contributed by atoms with Gasteiger partial charge in [0.05, 0.1) is 6.54 Å². The van der Waals surface area contributed by atoms with Crippen molar-refractivity contribution in [1.29, 1.82) is 0 Å². The standard InChI is InChI=1S/C19H35N3O3/c1-21(15-18(23)24)17-10-7-12-22(13-11-17)19(25)20-14-16-8-5-3-2-4-6-9-16/h16-17H,2-15H2,1H3,(H,20,25)(H,23,24). The van der Waals surface area contributed by atoms with Gasteiger partial charge in [-0.1, -0.05) is 32.1 Å². The van der Waals surface area contributed by atoms with Gasteiger partial charge >= 0.3 is 12.0 Å². The number of hydrogen-bond acceptors (Lipinski definition) is 3. The number of nitrogens with one attached hydrogen (secondary N) is 1. The first-order chi connectivity index (χ1) is 12.1. The number of aliphatic carboxylic acids is 1. The molecule has 6 nitrogen and oxygen atoms in total. The molecule has 6 heteroatoms. The summed E-state index contributed by atoms with van der Waals surface area (Å²) in [5.74, 6) is -0.161. The number of likely N-dealkylation sites (N-methyl/N-ethyl adjacent to an activating group) is 1. The lowest BCUT2D eigenvalue weighted by Gasteiger charge is -2.26. The molecule has 1 saturated carbocycles. The van der Waals surface area contributed by atoms with E-state index < -0.39 is 5.97 Å². The van der Waals surface area contributed by atoms with Crippen LogP contribution in [0, 0.1) is 5.92 Å². The highest BCUT2D eigenvalue weighted by molar-refractivity contribution is 5.74. The second kappa shape index (κ2) is 10.6. The molecule has 2 aliphatic rings. The number of urea groups is 1. The average molecular weight is 354 g/mol. The molecular weight excluding hydrogens is 318 g/mol. The molecule has 0 spiro atoms. The lowest BCUT2D eigenvalue weighted by Crippen LogP contribution is -2.43. The number of nitrogens with zero attached hydrogens (tertiary/aromatic N) is 2. The normalized spacial score (nSPS) is 23.6. The van der Waals surface area contributed by atoms with Crippen LogP contribution in [0.1, 0.15) is 64.2 Å². The van der Waals surface area contributed by atoms with Gasteiger partial charge in [-0.25, -0.2) is 4.79 Å². The largest absolute Gasteiger partial charge is 0.480 e. The molecule has 2 fully saturated rings. The summed E-state index contributed by atoms with van der Waals surface area (Å²) in [7, 11) is 1.86. The quantitative estimate of drug-likeness (QED) is 0.797. The number of likely N-dealkylation sites (tertiary alicyclic amines) is 1. The summed E-state index contributed by atoms with van der Waals surface area (Å²) in [5.41, 5.74) is 0. The highest BCUT2D eigenvalue weighted by atomic mass is 16.4. The molecule has 0 aromatic heterocycles. The van der Waals surface area contributed by atoms with Crippen molar-refractivity contribution in [2.75, 3.05) is 33.2 Å². The van der Waals surface area contributed by atoms with Crippen LogP contribution in [0.2, 0.25) is 0 Å². The summed E-state index contributed by atoms with van der Waals surface area (Å²) in [4.78, 5) is 27.2. The minimum atomic E-state index is -0.791. The Balaban J connectivity index is 1.73. The number of carboxylic acids is 1. The lowest BCUT2D eigenvalue weighted by atomic mass is 9.91. The van der Waals surface area contributed by atoms with Gasteiger partial charge in [0.1, 0.15) is 0 Å². The monoisotopic (exact) mass is 353 g/mol. The Bertz CT molecular complexity index is 422. The maximum absolute atomic E-state index is 12.5. The van der Waals surface area contributed by atoms with Crippen molar-refractivity contribution in [3.05, 3.63) is 0 Å². The van der Waals surface area contributed by atoms with E-state index in [1.54, 1.807) is 0 Å². The number of amides is 2. The zero-order valence-electron chi connectivity index (χ0n) is 15.7. The Morgan fingerprint density at radius 2 is 1.68 bits per heavy atom. The minimum absolute atomic E-state index is 0.0589. The molecule has 25 heavy (non-hydrogen) atoms. The van der Waals surface area contributed by atoms with E-state index in [1.165, 1.54) is 44.9 Å². The number of hydrogen-bond donors (Lipinski definition) is 2. The van der Waals surface area contributed by atoms with E-state index in [0.717, 1.165) is 32.4 Å². The predicted molar refractivity (Wildman–Crippen MR) is 98.7 cm³/mol. The van der Waals surface area contributed by atoms with E-state index in [0.29, 0.717) is 12.5 Å². The van der Waals surface area contributed by atoms with E-state index in [4.69, 9.17) is 5.11 Å². The van der Waals surface area contributed by atoms with E-state index in [2.05, 4.69) is 5.32 Å². The molecular formula is C19H35N3O3. The van der Waals surface area contributed by atoms with Crippen molar-refractivity contribution >= 4 is 12.0 Å². The zero-order chi connectivity index (χ0) is 18.1. The molecule has 2 N–H and O–H groups in total. The van der Waals surface area contributed by atoms with Crippen molar-refractivity contribution < 1.29 is 14.7 Å². The Morgan fingerprint density at radius 1 is 1.00 bits per heavy atom. The molecule has 0 bridgehead atoms. The summed E-state index contributed by atoms with van der Waals surface area (Å²) in [6.07, 6.45) is 11.8. The third-order valence-corrected chi connectivity index (χ3v) is 5.76. The van der Waals surface area contributed by atoms with Gasteiger partial charge in [-0.15, -0.1) is 0 Å². The van der Waals surface area contributed by atoms with E-state index >= 15 is 0 Å². The van der Waals surface area contributed by atoms with Crippen LogP contribution in [0.3, 0.4) is 0 Å². The minimum Gasteiger partial charge on any atom is -0.480 e. The third kappa shape index (κ3) is 7.22. The van der Waals surface area contributed by atoms with Crippen LogP contribution in [0.15, 0.2) is 0 Å². The van der Waals surface area contributed by atoms with E-state index in [1.807, 2.05) is 16.8 Å². The van der Waals surface area contributed by atoms with Crippen LogP contribution in [0.4, 0.5) is 4.79 Å². The maximum Gasteiger partial charge on any atom is 0.317 e. The summed E-state index contributed by atoms with van der Waals surface area (Å²) in [6, 6.07) is 0.308. The lowest BCUT2D eigenvalue weighted by molar-refractivity contribution is -0.138. The van der Waals surface area contributed by atoms with Gasteiger partial charge < -0.3 is 15.3 Å². The van der Waals surface area contributed by atoms with E-state index in [9.17, 15) is 9.59 Å². The predicted octanol–water partition coefficient (Wildman–Crippen LogP) is 2.93. The molecule has 2 rings (SSSR count). The Kier molecular flexibility index (Phi) is 8.52. The van der Waals surface area contributed by atoms with Crippen molar-refractivity contribution in [1.82, 2.24) is 15.1 Å². The second-order valence-electron chi connectivity index (χ2n) is 7.78. The molecule has 0 aromatic carbocycles. The van der Waals surface area contributed by atoms with Gasteiger partial charge in [-0.05, 0) is 45.1 Å². The summed E-state index contributed by atoms with van der Waals surface area (Å²) < 4.78 is 0. The molecule has 1 heterocycles. The SMILES string of the molecule is CN(CC(=O)O)C1CCCN(C(=O)NCC2CCCCCCC2)CC1. The maximum atomic E-state index is 12.5. The van der Waals surface area contributed by atoms with E-state index in [-0.39, 0.29) is 18.6 Å². The molecule has 1 aliphatic carbocycles. The van der Waals surface area contributed by atoms with Crippen LogP contribution in [-0.2, 0) is 4.79 Å². The molecule has 1 aliphatic heterocycles. The third-order valence-electron chi connectivity index (χ3n) is 5.76. The van der Waals surface area contributed by atoms with Crippen molar-refractivity contribution in [3.63, 3.8) is 0 Å². The molecule has 144 valence electrons. The molecule has 1 atom stereocenters. The number of carbonyl (C=O) groups is 2. The first kappa shape index (κ1) is 20.0. The second-order valence-corrected chi connectivity index (χ2v) is 7.78. The fraction of sp³-hybridized carbons (Fsp3) is 0.895. The first-order valence-corrected chi connectivity index (χ1v) is 10.0. The van der Waals surface area contributed by atoms with Crippen LogP contribution < -0.4 is 5.32 Å². The smallest absolute Gasteiger partial charge is 0.317 e. The molecule has 0 radical (unpaired) electrons. The van der Waals surface area contributed by atoms with Crippen molar-refractivity contribution in [2.45, 2.75) is 70.3 Å². The van der Waals surface area contributed by atoms with Gasteiger partial charge in [-0.3, -0.25) is 9.69 Å². The Morgan fingerprint density at radius 3 is 2.36 bits per heavy atom. The zero-order valence-corrected chi connectivity index (χ0v) is 15.7. The van der Waals surface area contributed by atoms with Gasteiger partial charge in [0.2, 0.25) is 0 Å². The highest BCUT2D eigenvalue weighted by Gasteiger charge is 2.24. The average Bonchev–Trinajstić information content (AvgIpc) is 2.79. The number of carbonyl (C=O) groups excluding carboxylic acids is 1. The van der Waals surface area contributed by atoms with Gasteiger partial charge in [-0.2, -0.15) is 0 Å². The van der Waals surface area contributed by atoms with Gasteiger partial charge in [0.15, 0.2) is 0 Å². The highest BCUT2D eigenvalue weighted by Crippen LogP contribution is 2.22. The van der Waals surface area contributed by atoms with Crippen LogP contribution >= 0.6 is 0 Å². The molecule has 1 saturated heterocycles. The summed E-state index contributed by atoms with van der Waals surface area (Å²) >= 11 is 0. The summed E-state index contributed by atoms with van der Waals surface area (Å²) in [6.45, 7) is 2.36. The van der Waals surface area contributed by atoms with Gasteiger partial charge in [0, 0.05) is 25.7 Å². The van der Waals surface area contributed by atoms with Crippen LogP contribution in [0.5, 0.6) is 0 Å².